The number of amides is 2. The van der Waals surface area contributed by atoms with E-state index in [9.17, 15) is 14.4 Å². The number of hydrogen-bond donors (Lipinski definition) is 2. The van der Waals surface area contributed by atoms with Gasteiger partial charge in [0.2, 0.25) is 0 Å². The summed E-state index contributed by atoms with van der Waals surface area (Å²) < 4.78 is 16.2. The molecule has 0 fully saturated rings. The van der Waals surface area contributed by atoms with Gasteiger partial charge in [0.25, 0.3) is 11.8 Å². The van der Waals surface area contributed by atoms with E-state index < -0.39 is 17.9 Å². The molecule has 0 saturated carbocycles. The molecule has 0 aromatic heterocycles. The highest BCUT2D eigenvalue weighted by molar-refractivity contribution is 9.10. The van der Waals surface area contributed by atoms with Crippen LogP contribution in [0.25, 0.3) is 0 Å². The lowest BCUT2D eigenvalue weighted by molar-refractivity contribution is -0.143. The lowest BCUT2D eigenvalue weighted by Crippen LogP contribution is -2.48. The summed E-state index contributed by atoms with van der Waals surface area (Å²) in [6, 6.07) is 11.3. The minimum absolute atomic E-state index is 0.159. The number of halogens is 1. The number of carbonyl (C=O) groups excluding carboxylic acids is 3. The molecule has 9 nitrogen and oxygen atoms in total. The molecule has 10 heteroatoms. The fraction of sp³-hybridized carbons (Fsp3) is 0.333. The van der Waals surface area contributed by atoms with Crippen LogP contribution in [0.15, 0.2) is 52.0 Å². The van der Waals surface area contributed by atoms with Crippen molar-refractivity contribution >= 4 is 39.9 Å². The first-order valence-corrected chi connectivity index (χ1v) is 11.4. The summed E-state index contributed by atoms with van der Waals surface area (Å²) >= 11 is 3.40. The molecule has 0 aliphatic rings. The second-order valence-corrected chi connectivity index (χ2v) is 8.28. The number of nitrogens with one attached hydrogen (secondary N) is 2. The normalized spacial score (nSPS) is 11.7. The minimum atomic E-state index is -0.773. The van der Waals surface area contributed by atoms with Gasteiger partial charge in [0, 0.05) is 5.56 Å². The molecule has 2 N–H and O–H groups in total. The van der Waals surface area contributed by atoms with E-state index in [1.165, 1.54) is 13.3 Å². The molecule has 0 bridgehead atoms. The fourth-order valence-electron chi connectivity index (χ4n) is 2.84. The van der Waals surface area contributed by atoms with Gasteiger partial charge in [-0.2, -0.15) is 5.10 Å². The van der Waals surface area contributed by atoms with Crippen LogP contribution in [0.4, 0.5) is 0 Å². The van der Waals surface area contributed by atoms with Crippen LogP contribution in [0.1, 0.15) is 36.7 Å². The highest BCUT2D eigenvalue weighted by Crippen LogP contribution is 2.36. The average molecular weight is 534 g/mol. The van der Waals surface area contributed by atoms with Crippen LogP contribution in [0.5, 0.6) is 11.5 Å². The van der Waals surface area contributed by atoms with Crippen LogP contribution in [-0.2, 0) is 14.3 Å². The Hall–Kier alpha value is -3.40. The summed E-state index contributed by atoms with van der Waals surface area (Å²) in [7, 11) is 1.27. The predicted molar refractivity (Wildman–Crippen MR) is 131 cm³/mol. The standard InChI is InChI=1S/C24H28BrN3O6/c1-5-33-19-12-16(11-18(25)22(19)34-14-20(29)32-4)13-26-28-24(31)21(15(2)3)27-23(30)17-9-7-6-8-10-17/h6-13,15,21H,5,14H2,1-4H3,(H,27,30)(H,28,31). The number of carbonyl (C=O) groups is 3. The molecule has 0 aliphatic heterocycles. The van der Waals surface area contributed by atoms with Crippen LogP contribution in [0.3, 0.4) is 0 Å². The van der Waals surface area contributed by atoms with Crippen molar-refractivity contribution in [1.82, 2.24) is 10.7 Å². The van der Waals surface area contributed by atoms with E-state index in [2.05, 4.69) is 36.5 Å². The van der Waals surface area contributed by atoms with Crippen molar-refractivity contribution < 1.29 is 28.6 Å². The number of esters is 1. The zero-order valence-electron chi connectivity index (χ0n) is 19.5. The second-order valence-electron chi connectivity index (χ2n) is 7.42. The summed E-state index contributed by atoms with van der Waals surface area (Å²) in [6.07, 6.45) is 1.44. The topological polar surface area (TPSA) is 115 Å². The van der Waals surface area contributed by atoms with Crippen molar-refractivity contribution in [1.29, 1.82) is 0 Å². The van der Waals surface area contributed by atoms with Gasteiger partial charge in [0.05, 0.1) is 24.4 Å². The smallest absolute Gasteiger partial charge is 0.343 e. The number of hydrazone groups is 1. The number of methoxy groups -OCH3 is 1. The Balaban J connectivity index is 2.10. The summed E-state index contributed by atoms with van der Waals surface area (Å²) in [6.45, 7) is 5.57. The van der Waals surface area contributed by atoms with Gasteiger partial charge in [-0.3, -0.25) is 9.59 Å². The second kappa shape index (κ2) is 13.3. The zero-order chi connectivity index (χ0) is 25.1. The maximum atomic E-state index is 12.7. The summed E-state index contributed by atoms with van der Waals surface area (Å²) in [5.74, 6) is -0.737. The fourth-order valence-corrected chi connectivity index (χ4v) is 3.42. The molecule has 0 saturated heterocycles. The predicted octanol–water partition coefficient (Wildman–Crippen LogP) is 3.30. The highest BCUT2D eigenvalue weighted by Gasteiger charge is 2.24. The van der Waals surface area contributed by atoms with E-state index in [0.717, 1.165) is 0 Å². The Morgan fingerprint density at radius 1 is 1.12 bits per heavy atom. The summed E-state index contributed by atoms with van der Waals surface area (Å²) in [4.78, 5) is 36.5. The minimum Gasteiger partial charge on any atom is -0.490 e. The van der Waals surface area contributed by atoms with E-state index in [1.54, 1.807) is 36.4 Å². The molecule has 2 rings (SSSR count). The third kappa shape index (κ3) is 7.87. The summed E-state index contributed by atoms with van der Waals surface area (Å²) in [5.41, 5.74) is 3.54. The monoisotopic (exact) mass is 533 g/mol. The van der Waals surface area contributed by atoms with Crippen molar-refractivity contribution in [2.75, 3.05) is 20.3 Å². The Labute approximate surface area is 207 Å². The Kier molecular flexibility index (Phi) is 10.5. The largest absolute Gasteiger partial charge is 0.490 e. The first-order valence-electron chi connectivity index (χ1n) is 10.6. The number of rotatable bonds is 11. The van der Waals surface area contributed by atoms with Gasteiger partial charge in [-0.15, -0.1) is 0 Å². The molecular weight excluding hydrogens is 506 g/mol. The number of ether oxygens (including phenoxy) is 3. The third-order valence-corrected chi connectivity index (χ3v) is 5.14. The van der Waals surface area contributed by atoms with E-state index in [4.69, 9.17) is 9.47 Å². The Bertz CT molecular complexity index is 1030. The molecule has 0 heterocycles. The molecule has 2 aromatic carbocycles. The van der Waals surface area contributed by atoms with Gasteiger partial charge in [0.1, 0.15) is 6.04 Å². The van der Waals surface area contributed by atoms with Gasteiger partial charge in [-0.05, 0) is 58.6 Å². The first kappa shape index (κ1) is 26.8. The van der Waals surface area contributed by atoms with Gasteiger partial charge < -0.3 is 19.5 Å². The lowest BCUT2D eigenvalue weighted by atomic mass is 10.0. The van der Waals surface area contributed by atoms with Crippen LogP contribution in [-0.4, -0.2) is 50.4 Å². The van der Waals surface area contributed by atoms with Gasteiger partial charge >= 0.3 is 5.97 Å². The van der Waals surface area contributed by atoms with E-state index in [0.29, 0.717) is 33.7 Å². The van der Waals surface area contributed by atoms with Crippen molar-refractivity contribution in [2.24, 2.45) is 11.0 Å². The summed E-state index contributed by atoms with van der Waals surface area (Å²) in [5, 5.41) is 6.76. The third-order valence-electron chi connectivity index (χ3n) is 4.55. The highest BCUT2D eigenvalue weighted by atomic mass is 79.9. The maximum absolute atomic E-state index is 12.7. The molecule has 182 valence electrons. The molecule has 2 amide bonds. The van der Waals surface area contributed by atoms with Crippen LogP contribution < -0.4 is 20.2 Å². The van der Waals surface area contributed by atoms with Crippen molar-refractivity contribution in [3.8, 4) is 11.5 Å². The average Bonchev–Trinajstić information content (AvgIpc) is 2.82. The van der Waals surface area contributed by atoms with Gasteiger partial charge in [-0.25, -0.2) is 10.2 Å². The zero-order valence-corrected chi connectivity index (χ0v) is 21.0. The molecule has 0 aliphatic carbocycles. The van der Waals surface area contributed by atoms with E-state index in [-0.39, 0.29) is 18.4 Å². The molecule has 0 radical (unpaired) electrons. The molecular formula is C24H28BrN3O6. The van der Waals surface area contributed by atoms with Crippen LogP contribution in [0, 0.1) is 5.92 Å². The van der Waals surface area contributed by atoms with E-state index >= 15 is 0 Å². The van der Waals surface area contributed by atoms with Gasteiger partial charge in [0.15, 0.2) is 18.1 Å². The Morgan fingerprint density at radius 3 is 2.44 bits per heavy atom. The number of nitrogens with zero attached hydrogens (tertiary/aromatic N) is 1. The van der Waals surface area contributed by atoms with Crippen molar-refractivity contribution in [3.05, 3.63) is 58.1 Å². The molecule has 0 spiro atoms. The SMILES string of the molecule is CCOc1cc(C=NNC(=O)C(NC(=O)c2ccccc2)C(C)C)cc(Br)c1OCC(=O)OC. The van der Waals surface area contributed by atoms with Gasteiger partial charge in [-0.1, -0.05) is 32.0 Å². The molecule has 1 unspecified atom stereocenters. The number of benzene rings is 2. The van der Waals surface area contributed by atoms with Crippen molar-refractivity contribution in [3.63, 3.8) is 0 Å². The molecule has 1 atom stereocenters. The maximum Gasteiger partial charge on any atom is 0.343 e. The van der Waals surface area contributed by atoms with Crippen LogP contribution >= 0.6 is 15.9 Å². The van der Waals surface area contributed by atoms with Crippen molar-refractivity contribution in [2.45, 2.75) is 26.8 Å². The molecule has 2 aromatic rings. The number of hydrogen-bond acceptors (Lipinski definition) is 7. The first-order chi connectivity index (χ1) is 16.3. The van der Waals surface area contributed by atoms with E-state index in [1.807, 2.05) is 26.8 Å². The Morgan fingerprint density at radius 2 is 1.82 bits per heavy atom. The quantitative estimate of drug-likeness (QED) is 0.260. The molecule has 34 heavy (non-hydrogen) atoms. The lowest BCUT2D eigenvalue weighted by Gasteiger charge is -2.20. The van der Waals surface area contributed by atoms with Crippen LogP contribution in [0.2, 0.25) is 0 Å².